The first-order chi connectivity index (χ1) is 14.9. The van der Waals surface area contributed by atoms with Gasteiger partial charge in [-0.15, -0.1) is 0 Å². The molecule has 0 atom stereocenters. The molecule has 31 heavy (non-hydrogen) atoms. The van der Waals surface area contributed by atoms with Gasteiger partial charge in [-0.05, 0) is 50.0 Å². The number of sulfone groups is 1. The summed E-state index contributed by atoms with van der Waals surface area (Å²) in [7, 11) is -3.55. The van der Waals surface area contributed by atoms with Crippen LogP contribution >= 0.6 is 0 Å². The molecule has 0 bridgehead atoms. The van der Waals surface area contributed by atoms with E-state index in [0.717, 1.165) is 45.2 Å². The van der Waals surface area contributed by atoms with Crippen molar-refractivity contribution in [2.45, 2.75) is 24.4 Å². The minimum atomic E-state index is -3.55. The van der Waals surface area contributed by atoms with Crippen LogP contribution in [0.15, 0.2) is 59.9 Å². The van der Waals surface area contributed by atoms with Gasteiger partial charge in [0.2, 0.25) is 15.0 Å². The molecule has 164 valence electrons. The Morgan fingerprint density at radius 2 is 1.77 bits per heavy atom. The van der Waals surface area contributed by atoms with E-state index in [1.807, 2.05) is 6.07 Å². The van der Waals surface area contributed by atoms with E-state index in [0.29, 0.717) is 18.6 Å². The number of amides is 1. The van der Waals surface area contributed by atoms with E-state index in [2.05, 4.69) is 34.1 Å². The van der Waals surface area contributed by atoms with Gasteiger partial charge in [0.05, 0.1) is 5.52 Å². The minimum absolute atomic E-state index is 0.0937. The SMILES string of the molecule is CS(=O)(=O)c1nc(C(=O)N2CCCN(CCCc3ccccc3)CC2)c2ccccn12. The second kappa shape index (κ2) is 9.20. The van der Waals surface area contributed by atoms with Crippen LogP contribution in [0.1, 0.15) is 28.9 Å². The molecule has 0 unspecified atom stereocenters. The molecule has 0 saturated carbocycles. The van der Waals surface area contributed by atoms with E-state index in [-0.39, 0.29) is 16.8 Å². The van der Waals surface area contributed by atoms with Crippen LogP contribution in [0.5, 0.6) is 0 Å². The zero-order valence-corrected chi connectivity index (χ0v) is 18.6. The molecule has 3 aromatic rings. The summed E-state index contributed by atoms with van der Waals surface area (Å²) in [5.74, 6) is -0.204. The Morgan fingerprint density at radius 1 is 1.00 bits per heavy atom. The summed E-state index contributed by atoms with van der Waals surface area (Å²) in [4.78, 5) is 21.7. The van der Waals surface area contributed by atoms with Gasteiger partial charge in [0, 0.05) is 32.1 Å². The van der Waals surface area contributed by atoms with Crippen molar-refractivity contribution in [1.29, 1.82) is 0 Å². The van der Waals surface area contributed by atoms with Crippen molar-refractivity contribution in [3.05, 3.63) is 66.0 Å². The van der Waals surface area contributed by atoms with Gasteiger partial charge in [-0.1, -0.05) is 36.4 Å². The maximum Gasteiger partial charge on any atom is 0.274 e. The maximum absolute atomic E-state index is 13.2. The van der Waals surface area contributed by atoms with Crippen molar-refractivity contribution >= 4 is 21.3 Å². The lowest BCUT2D eigenvalue weighted by molar-refractivity contribution is 0.0757. The van der Waals surface area contributed by atoms with Gasteiger partial charge in [0.1, 0.15) is 0 Å². The third-order valence-corrected chi connectivity index (χ3v) is 6.66. The van der Waals surface area contributed by atoms with Gasteiger partial charge in [-0.25, -0.2) is 13.4 Å². The van der Waals surface area contributed by atoms with Gasteiger partial charge in [-0.2, -0.15) is 0 Å². The number of imidazole rings is 1. The highest BCUT2D eigenvalue weighted by molar-refractivity contribution is 7.90. The van der Waals surface area contributed by atoms with Gasteiger partial charge < -0.3 is 9.80 Å². The summed E-state index contributed by atoms with van der Waals surface area (Å²) >= 11 is 0. The molecule has 1 aromatic carbocycles. The van der Waals surface area contributed by atoms with Gasteiger partial charge in [-0.3, -0.25) is 9.20 Å². The second-order valence-electron chi connectivity index (χ2n) is 8.05. The first-order valence-electron chi connectivity index (χ1n) is 10.7. The third-order valence-electron chi connectivity index (χ3n) is 5.71. The lowest BCUT2D eigenvalue weighted by atomic mass is 10.1. The largest absolute Gasteiger partial charge is 0.336 e. The molecule has 8 heteroatoms. The molecule has 1 amide bonds. The summed E-state index contributed by atoms with van der Waals surface area (Å²) in [6.45, 7) is 4.03. The highest BCUT2D eigenvalue weighted by Gasteiger charge is 2.27. The molecule has 2 aromatic heterocycles. The van der Waals surface area contributed by atoms with Gasteiger partial charge in [0.15, 0.2) is 5.69 Å². The molecular formula is C23H28N4O3S. The molecule has 1 saturated heterocycles. The second-order valence-corrected chi connectivity index (χ2v) is 9.96. The number of pyridine rings is 1. The molecule has 0 aliphatic carbocycles. The lowest BCUT2D eigenvalue weighted by Crippen LogP contribution is -2.35. The predicted octanol–water partition coefficient (Wildman–Crippen LogP) is 2.52. The quantitative estimate of drug-likeness (QED) is 0.589. The van der Waals surface area contributed by atoms with Crippen LogP contribution in [0.4, 0.5) is 0 Å². The van der Waals surface area contributed by atoms with E-state index < -0.39 is 9.84 Å². The number of aromatic nitrogens is 2. The van der Waals surface area contributed by atoms with Crippen LogP contribution < -0.4 is 0 Å². The number of carbonyl (C=O) groups is 1. The summed E-state index contributed by atoms with van der Waals surface area (Å²) in [6.07, 6.45) is 5.77. The van der Waals surface area contributed by atoms with E-state index in [4.69, 9.17) is 0 Å². The highest BCUT2D eigenvalue weighted by Crippen LogP contribution is 2.19. The topological polar surface area (TPSA) is 75.0 Å². The number of hydrogen-bond acceptors (Lipinski definition) is 5. The molecule has 7 nitrogen and oxygen atoms in total. The van der Waals surface area contributed by atoms with Crippen molar-refractivity contribution in [2.75, 3.05) is 39.0 Å². The monoisotopic (exact) mass is 440 g/mol. The first-order valence-corrected chi connectivity index (χ1v) is 12.6. The standard InChI is InChI=1S/C23H28N4O3S/c1-31(29,30)23-24-21(20-12-5-6-16-27(20)23)22(28)26-15-8-14-25(17-18-26)13-7-11-19-9-3-2-4-10-19/h2-6,9-10,12,16H,7-8,11,13-15,17-18H2,1H3. The highest BCUT2D eigenvalue weighted by atomic mass is 32.2. The van der Waals surface area contributed by atoms with Gasteiger partial charge >= 0.3 is 0 Å². The number of fused-ring (bicyclic) bond motifs is 1. The summed E-state index contributed by atoms with van der Waals surface area (Å²) < 4.78 is 25.8. The molecular weight excluding hydrogens is 412 g/mol. The van der Waals surface area contributed by atoms with Gasteiger partial charge in [0.25, 0.3) is 5.91 Å². The summed E-state index contributed by atoms with van der Waals surface area (Å²) in [6, 6.07) is 15.7. The van der Waals surface area contributed by atoms with Crippen molar-refractivity contribution in [3.63, 3.8) is 0 Å². The number of nitrogens with zero attached hydrogens (tertiary/aromatic N) is 4. The van der Waals surface area contributed by atoms with Crippen LogP contribution in [0.3, 0.4) is 0 Å². The Morgan fingerprint density at radius 3 is 2.55 bits per heavy atom. The number of benzene rings is 1. The van der Waals surface area contributed by atoms with Crippen LogP contribution in [0, 0.1) is 0 Å². The molecule has 4 rings (SSSR count). The van der Waals surface area contributed by atoms with E-state index in [1.54, 1.807) is 29.3 Å². The fourth-order valence-corrected chi connectivity index (χ4v) is 4.90. The Labute approximate surface area is 183 Å². The fraction of sp³-hybridized carbons (Fsp3) is 0.391. The average molecular weight is 441 g/mol. The number of rotatable bonds is 6. The Balaban J connectivity index is 1.42. The smallest absolute Gasteiger partial charge is 0.274 e. The van der Waals surface area contributed by atoms with E-state index in [1.165, 1.54) is 9.96 Å². The summed E-state index contributed by atoms with van der Waals surface area (Å²) in [5.41, 5.74) is 2.08. The normalized spacial score (nSPS) is 15.8. The Hall–Kier alpha value is -2.71. The Kier molecular flexibility index (Phi) is 6.38. The molecule has 0 spiro atoms. The maximum atomic E-state index is 13.2. The minimum Gasteiger partial charge on any atom is -0.336 e. The van der Waals surface area contributed by atoms with E-state index in [9.17, 15) is 13.2 Å². The fourth-order valence-electron chi connectivity index (χ4n) is 4.13. The van der Waals surface area contributed by atoms with Crippen LogP contribution in [0.2, 0.25) is 0 Å². The molecule has 0 N–H and O–H groups in total. The van der Waals surface area contributed by atoms with Crippen LogP contribution in [-0.4, -0.2) is 72.5 Å². The summed E-state index contributed by atoms with van der Waals surface area (Å²) in [5, 5.41) is -0.0937. The Bertz CT molecular complexity index is 1160. The van der Waals surface area contributed by atoms with Crippen molar-refractivity contribution in [2.24, 2.45) is 0 Å². The first kappa shape index (κ1) is 21.5. The number of aryl methyl sites for hydroxylation is 1. The third kappa shape index (κ3) is 4.97. The van der Waals surface area contributed by atoms with E-state index >= 15 is 0 Å². The number of carbonyl (C=O) groups excluding carboxylic acids is 1. The molecule has 0 radical (unpaired) electrons. The zero-order chi connectivity index (χ0) is 21.8. The predicted molar refractivity (Wildman–Crippen MR) is 120 cm³/mol. The molecule has 1 fully saturated rings. The molecule has 3 heterocycles. The van der Waals surface area contributed by atoms with Crippen LogP contribution in [0.25, 0.3) is 5.52 Å². The lowest BCUT2D eigenvalue weighted by Gasteiger charge is -2.21. The molecule has 1 aliphatic rings. The number of hydrogen-bond donors (Lipinski definition) is 0. The van der Waals surface area contributed by atoms with Crippen LogP contribution in [-0.2, 0) is 16.3 Å². The van der Waals surface area contributed by atoms with Crippen molar-refractivity contribution in [1.82, 2.24) is 19.2 Å². The van der Waals surface area contributed by atoms with Crippen molar-refractivity contribution < 1.29 is 13.2 Å². The average Bonchev–Trinajstić information content (AvgIpc) is 3.00. The zero-order valence-electron chi connectivity index (χ0n) is 17.8. The molecule has 1 aliphatic heterocycles. The van der Waals surface area contributed by atoms with Crippen molar-refractivity contribution in [3.8, 4) is 0 Å².